The van der Waals surface area contributed by atoms with Crippen LogP contribution in [0, 0.1) is 0 Å². The SMILES string of the molecule is CC[C@@H](C)N(CCc1nc(-c2ccc(OC)c(OC)c2)no1)C(=O)CCc1ccccc1. The molecule has 32 heavy (non-hydrogen) atoms. The van der Waals surface area contributed by atoms with E-state index < -0.39 is 0 Å². The second kappa shape index (κ2) is 11.3. The molecule has 0 spiro atoms. The van der Waals surface area contributed by atoms with E-state index in [0.717, 1.165) is 18.4 Å². The molecule has 3 aromatic rings. The van der Waals surface area contributed by atoms with Crippen LogP contribution in [0.25, 0.3) is 11.4 Å². The fraction of sp³-hybridized carbons (Fsp3) is 0.400. The van der Waals surface area contributed by atoms with Crippen LogP contribution in [0.5, 0.6) is 11.5 Å². The van der Waals surface area contributed by atoms with Crippen molar-refractivity contribution in [2.45, 2.75) is 45.6 Å². The minimum atomic E-state index is 0.142. The number of hydrogen-bond acceptors (Lipinski definition) is 6. The molecule has 1 aromatic heterocycles. The van der Waals surface area contributed by atoms with Crippen LogP contribution < -0.4 is 9.47 Å². The molecule has 1 heterocycles. The maximum atomic E-state index is 12.9. The van der Waals surface area contributed by atoms with Gasteiger partial charge >= 0.3 is 0 Å². The molecule has 0 bridgehead atoms. The second-order valence-electron chi connectivity index (χ2n) is 7.66. The molecule has 0 aliphatic carbocycles. The fourth-order valence-electron chi connectivity index (χ4n) is 3.52. The van der Waals surface area contributed by atoms with Gasteiger partial charge in [0.25, 0.3) is 0 Å². The molecule has 0 N–H and O–H groups in total. The summed E-state index contributed by atoms with van der Waals surface area (Å²) >= 11 is 0. The van der Waals surface area contributed by atoms with E-state index in [1.165, 1.54) is 5.56 Å². The molecule has 1 amide bonds. The Bertz CT molecular complexity index is 1000. The average Bonchev–Trinajstić information content (AvgIpc) is 3.31. The second-order valence-corrected chi connectivity index (χ2v) is 7.66. The summed E-state index contributed by atoms with van der Waals surface area (Å²) in [6.07, 6.45) is 2.60. The first-order chi connectivity index (χ1) is 15.5. The quantitative estimate of drug-likeness (QED) is 0.438. The third kappa shape index (κ3) is 5.87. The van der Waals surface area contributed by atoms with Crippen molar-refractivity contribution >= 4 is 5.91 Å². The number of methoxy groups -OCH3 is 2. The van der Waals surface area contributed by atoms with Crippen LogP contribution in [0.2, 0.25) is 0 Å². The fourth-order valence-corrected chi connectivity index (χ4v) is 3.52. The lowest BCUT2D eigenvalue weighted by Crippen LogP contribution is -2.40. The first-order valence-electron chi connectivity index (χ1n) is 10.9. The number of amides is 1. The Balaban J connectivity index is 1.64. The molecule has 2 aromatic carbocycles. The molecule has 0 unspecified atom stereocenters. The molecule has 7 nitrogen and oxygen atoms in total. The molecule has 0 radical (unpaired) electrons. The molecule has 0 saturated carbocycles. The number of aromatic nitrogens is 2. The minimum absolute atomic E-state index is 0.142. The normalized spacial score (nSPS) is 11.8. The van der Waals surface area contributed by atoms with Crippen molar-refractivity contribution in [1.29, 1.82) is 0 Å². The number of carbonyl (C=O) groups excluding carboxylic acids is 1. The first-order valence-corrected chi connectivity index (χ1v) is 10.9. The maximum absolute atomic E-state index is 12.9. The van der Waals surface area contributed by atoms with Crippen LogP contribution in [0.15, 0.2) is 53.1 Å². The van der Waals surface area contributed by atoms with Crippen molar-refractivity contribution in [2.24, 2.45) is 0 Å². The van der Waals surface area contributed by atoms with Crippen molar-refractivity contribution in [3.05, 3.63) is 60.0 Å². The number of carbonyl (C=O) groups is 1. The number of ether oxygens (including phenoxy) is 2. The van der Waals surface area contributed by atoms with Gasteiger partial charge in [-0.1, -0.05) is 42.4 Å². The highest BCUT2D eigenvalue weighted by molar-refractivity contribution is 5.76. The number of nitrogens with zero attached hydrogens (tertiary/aromatic N) is 3. The van der Waals surface area contributed by atoms with E-state index in [0.29, 0.717) is 42.6 Å². The van der Waals surface area contributed by atoms with Crippen LogP contribution in [0.4, 0.5) is 0 Å². The Labute approximate surface area is 189 Å². The van der Waals surface area contributed by atoms with Gasteiger partial charge in [-0.2, -0.15) is 4.98 Å². The number of hydrogen-bond donors (Lipinski definition) is 0. The zero-order valence-electron chi connectivity index (χ0n) is 19.2. The summed E-state index contributed by atoms with van der Waals surface area (Å²) in [6, 6.07) is 15.7. The highest BCUT2D eigenvalue weighted by atomic mass is 16.5. The molecule has 0 aliphatic heterocycles. The molecular formula is C25H31N3O4. The van der Waals surface area contributed by atoms with Gasteiger partial charge in [-0.15, -0.1) is 0 Å². The number of benzene rings is 2. The Morgan fingerprint density at radius 3 is 2.50 bits per heavy atom. The summed E-state index contributed by atoms with van der Waals surface area (Å²) in [5.74, 6) is 2.36. The van der Waals surface area contributed by atoms with Crippen LogP contribution in [0.1, 0.15) is 38.1 Å². The topological polar surface area (TPSA) is 77.7 Å². The standard InChI is InChI=1S/C25H31N3O4/c1-5-18(2)28(24(29)14-11-19-9-7-6-8-10-19)16-15-23-26-25(27-32-23)20-12-13-21(30-3)22(17-20)31-4/h6-10,12-13,17-18H,5,11,14-16H2,1-4H3/t18-/m1/s1. The van der Waals surface area contributed by atoms with Gasteiger partial charge in [0.2, 0.25) is 17.6 Å². The Morgan fingerprint density at radius 1 is 1.06 bits per heavy atom. The average molecular weight is 438 g/mol. The molecule has 1 atom stereocenters. The van der Waals surface area contributed by atoms with Crippen molar-refractivity contribution in [1.82, 2.24) is 15.0 Å². The van der Waals surface area contributed by atoms with Gasteiger partial charge in [0.15, 0.2) is 11.5 Å². The Kier molecular flexibility index (Phi) is 8.25. The van der Waals surface area contributed by atoms with Crippen molar-refractivity contribution < 1.29 is 18.8 Å². The first kappa shape index (κ1) is 23.3. The van der Waals surface area contributed by atoms with Gasteiger partial charge < -0.3 is 18.9 Å². The largest absolute Gasteiger partial charge is 0.493 e. The van der Waals surface area contributed by atoms with E-state index in [1.807, 2.05) is 35.2 Å². The maximum Gasteiger partial charge on any atom is 0.228 e. The Hall–Kier alpha value is -3.35. The molecular weight excluding hydrogens is 406 g/mol. The van der Waals surface area contributed by atoms with Crippen LogP contribution >= 0.6 is 0 Å². The van der Waals surface area contributed by atoms with E-state index in [1.54, 1.807) is 20.3 Å². The molecule has 0 fully saturated rings. The molecule has 170 valence electrons. The van der Waals surface area contributed by atoms with E-state index >= 15 is 0 Å². The summed E-state index contributed by atoms with van der Waals surface area (Å²) in [5, 5.41) is 4.10. The molecule has 0 aliphatic rings. The highest BCUT2D eigenvalue weighted by Gasteiger charge is 2.20. The third-order valence-electron chi connectivity index (χ3n) is 5.59. The van der Waals surface area contributed by atoms with E-state index in [9.17, 15) is 4.79 Å². The van der Waals surface area contributed by atoms with Gasteiger partial charge in [0.05, 0.1) is 14.2 Å². The van der Waals surface area contributed by atoms with Crippen LogP contribution in [0.3, 0.4) is 0 Å². The smallest absolute Gasteiger partial charge is 0.228 e. The molecule has 0 saturated heterocycles. The predicted molar refractivity (Wildman–Crippen MR) is 123 cm³/mol. The lowest BCUT2D eigenvalue weighted by atomic mass is 10.1. The van der Waals surface area contributed by atoms with Crippen molar-refractivity contribution in [2.75, 3.05) is 20.8 Å². The highest BCUT2D eigenvalue weighted by Crippen LogP contribution is 2.31. The van der Waals surface area contributed by atoms with Gasteiger partial charge in [0, 0.05) is 31.0 Å². The zero-order chi connectivity index (χ0) is 22.9. The number of rotatable bonds is 11. The van der Waals surface area contributed by atoms with Gasteiger partial charge in [-0.05, 0) is 43.5 Å². The molecule has 3 rings (SSSR count). The molecule has 7 heteroatoms. The minimum Gasteiger partial charge on any atom is -0.493 e. The summed E-state index contributed by atoms with van der Waals surface area (Å²) in [4.78, 5) is 19.4. The lowest BCUT2D eigenvalue weighted by Gasteiger charge is -2.28. The van der Waals surface area contributed by atoms with Crippen LogP contribution in [-0.2, 0) is 17.6 Å². The van der Waals surface area contributed by atoms with E-state index in [4.69, 9.17) is 14.0 Å². The summed E-state index contributed by atoms with van der Waals surface area (Å²) in [6.45, 7) is 4.70. The summed E-state index contributed by atoms with van der Waals surface area (Å²) < 4.78 is 16.1. The third-order valence-corrected chi connectivity index (χ3v) is 5.59. The van der Waals surface area contributed by atoms with Gasteiger partial charge in [-0.3, -0.25) is 4.79 Å². The van der Waals surface area contributed by atoms with Crippen molar-refractivity contribution in [3.8, 4) is 22.9 Å². The number of aryl methyl sites for hydroxylation is 1. The predicted octanol–water partition coefficient (Wildman–Crippen LogP) is 4.56. The van der Waals surface area contributed by atoms with Gasteiger partial charge in [0.1, 0.15) is 0 Å². The van der Waals surface area contributed by atoms with Crippen molar-refractivity contribution in [3.63, 3.8) is 0 Å². The lowest BCUT2D eigenvalue weighted by molar-refractivity contribution is -0.133. The van der Waals surface area contributed by atoms with Crippen LogP contribution in [-0.4, -0.2) is 47.8 Å². The zero-order valence-corrected chi connectivity index (χ0v) is 19.2. The van der Waals surface area contributed by atoms with E-state index in [2.05, 4.69) is 36.1 Å². The van der Waals surface area contributed by atoms with Gasteiger partial charge in [-0.25, -0.2) is 0 Å². The monoisotopic (exact) mass is 437 g/mol. The Morgan fingerprint density at radius 2 is 1.81 bits per heavy atom. The summed E-state index contributed by atoms with van der Waals surface area (Å²) in [5.41, 5.74) is 1.94. The van der Waals surface area contributed by atoms with E-state index in [-0.39, 0.29) is 11.9 Å². The summed E-state index contributed by atoms with van der Waals surface area (Å²) in [7, 11) is 3.18.